The molecule has 0 bridgehead atoms. The molecule has 0 saturated carbocycles. The SMILES string of the molecule is Cc1cc(C(=O)CN2C(=O)NC(C)(c3ccc(Cl)cc3)C2=O)c(C)n1Cc1cccs1. The molecule has 1 saturated heterocycles. The molecule has 160 valence electrons. The number of carbonyl (C=O) groups excluding carboxylic acids is 3. The molecule has 1 aromatic carbocycles. The molecule has 2 aromatic heterocycles. The summed E-state index contributed by atoms with van der Waals surface area (Å²) in [5.41, 5.74) is 1.67. The van der Waals surface area contributed by atoms with Crippen molar-refractivity contribution in [2.24, 2.45) is 0 Å². The molecule has 31 heavy (non-hydrogen) atoms. The number of imide groups is 1. The lowest BCUT2D eigenvalue weighted by Crippen LogP contribution is -2.41. The molecular weight excluding hydrogens is 434 g/mol. The number of ketones is 1. The lowest BCUT2D eigenvalue weighted by Gasteiger charge is -2.22. The Morgan fingerprint density at radius 3 is 2.52 bits per heavy atom. The summed E-state index contributed by atoms with van der Waals surface area (Å²) in [6, 6.07) is 12.0. The number of benzene rings is 1. The summed E-state index contributed by atoms with van der Waals surface area (Å²) in [7, 11) is 0. The fourth-order valence-corrected chi connectivity index (χ4v) is 4.75. The number of nitrogens with one attached hydrogen (secondary N) is 1. The molecular formula is C23H22ClN3O3S. The van der Waals surface area contributed by atoms with Crippen molar-refractivity contribution in [2.75, 3.05) is 6.54 Å². The number of thiophene rings is 1. The van der Waals surface area contributed by atoms with Crippen LogP contribution in [0.25, 0.3) is 0 Å². The Morgan fingerprint density at radius 2 is 1.87 bits per heavy atom. The first-order chi connectivity index (χ1) is 14.7. The summed E-state index contributed by atoms with van der Waals surface area (Å²) in [4.78, 5) is 40.9. The maximum absolute atomic E-state index is 13.1. The topological polar surface area (TPSA) is 71.4 Å². The van der Waals surface area contributed by atoms with Gasteiger partial charge in [-0.05, 0) is 56.0 Å². The molecule has 1 aliphatic heterocycles. The van der Waals surface area contributed by atoms with Gasteiger partial charge in [0.15, 0.2) is 5.78 Å². The Labute approximate surface area is 189 Å². The second-order valence-electron chi connectivity index (χ2n) is 7.83. The average molecular weight is 456 g/mol. The van der Waals surface area contributed by atoms with Gasteiger partial charge in [-0.25, -0.2) is 4.79 Å². The zero-order valence-corrected chi connectivity index (χ0v) is 19.0. The summed E-state index contributed by atoms with van der Waals surface area (Å²) < 4.78 is 2.07. The predicted molar refractivity (Wildman–Crippen MR) is 121 cm³/mol. The number of amides is 3. The van der Waals surface area contributed by atoms with E-state index in [9.17, 15) is 14.4 Å². The van der Waals surface area contributed by atoms with E-state index in [2.05, 4.69) is 16.0 Å². The third-order valence-corrected chi connectivity index (χ3v) is 6.88. The molecule has 0 spiro atoms. The quantitative estimate of drug-likeness (QED) is 0.439. The molecule has 1 unspecified atom stereocenters. The third-order valence-electron chi connectivity index (χ3n) is 5.77. The van der Waals surface area contributed by atoms with Gasteiger partial charge in [-0.3, -0.25) is 14.5 Å². The predicted octanol–water partition coefficient (Wildman–Crippen LogP) is 4.52. The maximum Gasteiger partial charge on any atom is 0.325 e. The highest BCUT2D eigenvalue weighted by molar-refractivity contribution is 7.09. The van der Waals surface area contributed by atoms with Gasteiger partial charge in [0.2, 0.25) is 0 Å². The van der Waals surface area contributed by atoms with Gasteiger partial charge in [-0.1, -0.05) is 29.8 Å². The molecule has 3 aromatic rings. The molecule has 1 atom stereocenters. The van der Waals surface area contributed by atoms with Crippen molar-refractivity contribution in [1.82, 2.24) is 14.8 Å². The molecule has 1 N–H and O–H groups in total. The Hall–Kier alpha value is -2.90. The number of rotatable bonds is 6. The Morgan fingerprint density at radius 1 is 1.16 bits per heavy atom. The van der Waals surface area contributed by atoms with E-state index in [-0.39, 0.29) is 12.3 Å². The van der Waals surface area contributed by atoms with Crippen molar-refractivity contribution in [3.63, 3.8) is 0 Å². The van der Waals surface area contributed by atoms with Crippen LogP contribution >= 0.6 is 22.9 Å². The first-order valence-electron chi connectivity index (χ1n) is 9.83. The summed E-state index contributed by atoms with van der Waals surface area (Å²) >= 11 is 7.60. The molecule has 4 rings (SSSR count). The van der Waals surface area contributed by atoms with Crippen LogP contribution in [0.5, 0.6) is 0 Å². The van der Waals surface area contributed by atoms with Gasteiger partial charge < -0.3 is 9.88 Å². The minimum Gasteiger partial charge on any atom is -0.343 e. The molecule has 1 aliphatic rings. The molecule has 3 amide bonds. The van der Waals surface area contributed by atoms with E-state index in [0.717, 1.165) is 16.3 Å². The molecule has 0 aliphatic carbocycles. The minimum atomic E-state index is -1.24. The number of nitrogens with zero attached hydrogens (tertiary/aromatic N) is 2. The van der Waals surface area contributed by atoms with Gasteiger partial charge >= 0.3 is 6.03 Å². The van der Waals surface area contributed by atoms with Crippen molar-refractivity contribution in [1.29, 1.82) is 0 Å². The monoisotopic (exact) mass is 455 g/mol. The second-order valence-corrected chi connectivity index (χ2v) is 9.30. The Kier molecular flexibility index (Phi) is 5.49. The van der Waals surface area contributed by atoms with Crippen LogP contribution in [0.4, 0.5) is 4.79 Å². The summed E-state index contributed by atoms with van der Waals surface area (Å²) in [6.07, 6.45) is 0. The molecule has 0 radical (unpaired) electrons. The van der Waals surface area contributed by atoms with Crippen molar-refractivity contribution in [3.05, 3.63) is 80.3 Å². The maximum atomic E-state index is 13.1. The summed E-state index contributed by atoms with van der Waals surface area (Å²) in [5.74, 6) is -0.727. The van der Waals surface area contributed by atoms with Crippen LogP contribution in [0.1, 0.15) is 39.1 Å². The van der Waals surface area contributed by atoms with E-state index >= 15 is 0 Å². The fraction of sp³-hybridized carbons (Fsp3) is 0.261. The van der Waals surface area contributed by atoms with Crippen molar-refractivity contribution in [2.45, 2.75) is 32.9 Å². The van der Waals surface area contributed by atoms with Crippen LogP contribution in [0, 0.1) is 13.8 Å². The van der Waals surface area contributed by atoms with Gasteiger partial charge in [-0.15, -0.1) is 11.3 Å². The van der Waals surface area contributed by atoms with E-state index < -0.39 is 17.5 Å². The van der Waals surface area contributed by atoms with Gasteiger partial charge in [0.05, 0.1) is 13.1 Å². The number of Topliss-reactive ketones (excluding diaryl/α,β-unsaturated/α-hetero) is 1. The lowest BCUT2D eigenvalue weighted by atomic mass is 9.92. The normalized spacial score (nSPS) is 18.5. The van der Waals surface area contributed by atoms with Crippen molar-refractivity contribution in [3.8, 4) is 0 Å². The third kappa shape index (κ3) is 3.79. The van der Waals surface area contributed by atoms with E-state index in [1.807, 2.05) is 31.4 Å². The van der Waals surface area contributed by atoms with Crippen LogP contribution in [0.3, 0.4) is 0 Å². The Balaban J connectivity index is 1.55. The second kappa shape index (κ2) is 7.98. The summed E-state index contributed by atoms with van der Waals surface area (Å²) in [5, 5.41) is 5.28. The highest BCUT2D eigenvalue weighted by Gasteiger charge is 2.49. The van der Waals surface area contributed by atoms with Gasteiger partial charge in [0, 0.05) is 26.9 Å². The van der Waals surface area contributed by atoms with Crippen molar-refractivity contribution < 1.29 is 14.4 Å². The number of hydrogen-bond acceptors (Lipinski definition) is 4. The number of aryl methyl sites for hydroxylation is 1. The van der Waals surface area contributed by atoms with E-state index in [1.165, 1.54) is 4.88 Å². The molecule has 6 nitrogen and oxygen atoms in total. The van der Waals surface area contributed by atoms with E-state index in [1.54, 1.807) is 42.5 Å². The largest absolute Gasteiger partial charge is 0.343 e. The standard InChI is InChI=1S/C23H22ClN3O3S/c1-14-11-19(15(2)26(14)12-18-5-4-10-31-18)20(28)13-27-21(29)23(3,25-22(27)30)16-6-8-17(24)9-7-16/h4-11H,12-13H2,1-3H3,(H,25,30). The zero-order valence-electron chi connectivity index (χ0n) is 17.4. The molecule has 8 heteroatoms. The van der Waals surface area contributed by atoms with Crippen LogP contribution in [-0.4, -0.2) is 33.7 Å². The average Bonchev–Trinajstić information content (AvgIpc) is 3.40. The first-order valence-corrected chi connectivity index (χ1v) is 11.1. The molecule has 3 heterocycles. The van der Waals surface area contributed by atoms with Crippen LogP contribution in [0.15, 0.2) is 47.8 Å². The number of urea groups is 1. The number of aromatic nitrogens is 1. The number of hydrogen-bond donors (Lipinski definition) is 1. The van der Waals surface area contributed by atoms with Gasteiger partial charge in [0.1, 0.15) is 5.54 Å². The van der Waals surface area contributed by atoms with Gasteiger partial charge in [-0.2, -0.15) is 0 Å². The molecule has 1 fully saturated rings. The zero-order chi connectivity index (χ0) is 22.3. The van der Waals surface area contributed by atoms with E-state index in [0.29, 0.717) is 22.7 Å². The van der Waals surface area contributed by atoms with Crippen LogP contribution in [-0.2, 0) is 16.9 Å². The number of carbonyl (C=O) groups is 3. The van der Waals surface area contributed by atoms with E-state index in [4.69, 9.17) is 11.6 Å². The van der Waals surface area contributed by atoms with Crippen LogP contribution < -0.4 is 5.32 Å². The minimum absolute atomic E-state index is 0.269. The Bertz CT molecular complexity index is 1170. The highest BCUT2D eigenvalue weighted by atomic mass is 35.5. The first kappa shape index (κ1) is 21.3. The lowest BCUT2D eigenvalue weighted by molar-refractivity contribution is -0.130. The summed E-state index contributed by atoms with van der Waals surface area (Å²) in [6.45, 7) is 5.84. The van der Waals surface area contributed by atoms with Crippen molar-refractivity contribution >= 4 is 40.7 Å². The van der Waals surface area contributed by atoms with Gasteiger partial charge in [0.25, 0.3) is 5.91 Å². The highest BCUT2D eigenvalue weighted by Crippen LogP contribution is 2.30. The number of halogens is 1. The smallest absolute Gasteiger partial charge is 0.325 e. The van der Waals surface area contributed by atoms with Crippen LogP contribution in [0.2, 0.25) is 5.02 Å². The fourth-order valence-electron chi connectivity index (χ4n) is 3.93.